The summed E-state index contributed by atoms with van der Waals surface area (Å²) < 4.78 is 21.8. The number of carbonyl (C=O) groups is 2. The van der Waals surface area contributed by atoms with Crippen molar-refractivity contribution >= 4 is 11.9 Å². The Bertz CT molecular complexity index is 856. The van der Waals surface area contributed by atoms with Crippen LogP contribution in [0.15, 0.2) is 48.5 Å². The van der Waals surface area contributed by atoms with E-state index in [0.717, 1.165) is 17.9 Å². The van der Waals surface area contributed by atoms with Crippen LogP contribution < -0.4 is 9.47 Å². The maximum Gasteiger partial charge on any atom is 0.342 e. The molecule has 0 bridgehead atoms. The van der Waals surface area contributed by atoms with E-state index in [0.29, 0.717) is 24.7 Å². The lowest BCUT2D eigenvalue weighted by Crippen LogP contribution is -2.27. The fourth-order valence-corrected chi connectivity index (χ4v) is 2.93. The summed E-state index contributed by atoms with van der Waals surface area (Å²) in [4.78, 5) is 24.0. The van der Waals surface area contributed by atoms with E-state index in [9.17, 15) is 9.59 Å². The summed E-state index contributed by atoms with van der Waals surface area (Å²) in [6, 6.07) is 14.3. The highest BCUT2D eigenvalue weighted by Crippen LogP contribution is 2.22. The van der Waals surface area contributed by atoms with Gasteiger partial charge in [0.1, 0.15) is 29.8 Å². The fraction of sp³-hybridized carbons (Fsp3) is 0.562. The SMILES string of the molecule is CC.CC.CC(C)C.COCCc1ccc(OCC(CC(C)C)OC(=O)c2ccccc2OC(C)=O)cc1. The number of carbonyl (C=O) groups excluding carboxylic acids is 2. The third kappa shape index (κ3) is 18.4. The monoisotopic (exact) mass is 532 g/mol. The van der Waals surface area contributed by atoms with Crippen LogP contribution in [0, 0.1) is 11.8 Å². The van der Waals surface area contributed by atoms with Crippen LogP contribution in [0.4, 0.5) is 0 Å². The van der Waals surface area contributed by atoms with Crippen LogP contribution in [-0.2, 0) is 20.7 Å². The fourth-order valence-electron chi connectivity index (χ4n) is 2.93. The summed E-state index contributed by atoms with van der Waals surface area (Å²) in [6.45, 7) is 20.8. The van der Waals surface area contributed by atoms with Gasteiger partial charge in [0.25, 0.3) is 0 Å². The minimum absolute atomic E-state index is 0.186. The van der Waals surface area contributed by atoms with Crippen molar-refractivity contribution in [3.05, 3.63) is 59.7 Å². The molecular formula is C32H52O6. The van der Waals surface area contributed by atoms with Crippen LogP contribution in [0.5, 0.6) is 11.5 Å². The van der Waals surface area contributed by atoms with E-state index in [4.69, 9.17) is 18.9 Å². The van der Waals surface area contributed by atoms with Crippen molar-refractivity contribution in [3.63, 3.8) is 0 Å². The maximum atomic E-state index is 12.7. The van der Waals surface area contributed by atoms with E-state index in [-0.39, 0.29) is 17.9 Å². The van der Waals surface area contributed by atoms with Crippen molar-refractivity contribution in [1.82, 2.24) is 0 Å². The highest BCUT2D eigenvalue weighted by atomic mass is 16.6. The van der Waals surface area contributed by atoms with Crippen molar-refractivity contribution in [3.8, 4) is 11.5 Å². The molecule has 2 rings (SSSR count). The van der Waals surface area contributed by atoms with E-state index < -0.39 is 18.0 Å². The molecule has 0 aliphatic rings. The minimum Gasteiger partial charge on any atom is -0.490 e. The van der Waals surface area contributed by atoms with Crippen molar-refractivity contribution < 1.29 is 28.5 Å². The van der Waals surface area contributed by atoms with Crippen LogP contribution in [-0.4, -0.2) is 38.4 Å². The van der Waals surface area contributed by atoms with Crippen LogP contribution in [0.2, 0.25) is 0 Å². The van der Waals surface area contributed by atoms with Gasteiger partial charge in [-0.05, 0) is 54.5 Å². The molecule has 0 N–H and O–H groups in total. The topological polar surface area (TPSA) is 71.1 Å². The van der Waals surface area contributed by atoms with Crippen molar-refractivity contribution in [2.75, 3.05) is 20.3 Å². The van der Waals surface area contributed by atoms with Gasteiger partial charge in [-0.3, -0.25) is 4.79 Å². The van der Waals surface area contributed by atoms with Gasteiger partial charge in [-0.15, -0.1) is 0 Å². The molecule has 0 spiro atoms. The van der Waals surface area contributed by atoms with E-state index in [1.807, 2.05) is 52.0 Å². The Morgan fingerprint density at radius 2 is 1.39 bits per heavy atom. The Balaban J connectivity index is 0. The van der Waals surface area contributed by atoms with Gasteiger partial charge in [-0.25, -0.2) is 4.79 Å². The third-order valence-corrected chi connectivity index (χ3v) is 4.32. The zero-order valence-corrected chi connectivity index (χ0v) is 25.6. The summed E-state index contributed by atoms with van der Waals surface area (Å²) in [7, 11) is 1.68. The Kier molecular flexibility index (Phi) is 22.8. The van der Waals surface area contributed by atoms with Crippen LogP contribution in [0.25, 0.3) is 0 Å². The van der Waals surface area contributed by atoms with Gasteiger partial charge in [-0.2, -0.15) is 0 Å². The summed E-state index contributed by atoms with van der Waals surface area (Å²) in [5, 5.41) is 0. The number of rotatable bonds is 11. The smallest absolute Gasteiger partial charge is 0.342 e. The molecule has 0 aromatic heterocycles. The van der Waals surface area contributed by atoms with Gasteiger partial charge in [0.2, 0.25) is 0 Å². The first-order valence-corrected chi connectivity index (χ1v) is 13.8. The predicted molar refractivity (Wildman–Crippen MR) is 157 cm³/mol. The summed E-state index contributed by atoms with van der Waals surface area (Å²) in [5.41, 5.74) is 1.38. The number of ether oxygens (including phenoxy) is 4. The molecule has 6 heteroatoms. The van der Waals surface area contributed by atoms with Gasteiger partial charge >= 0.3 is 11.9 Å². The second-order valence-corrected chi connectivity index (χ2v) is 9.18. The van der Waals surface area contributed by atoms with Crippen LogP contribution in [0.1, 0.15) is 91.6 Å². The third-order valence-electron chi connectivity index (χ3n) is 4.32. The molecule has 0 aliphatic carbocycles. The molecule has 1 unspecified atom stereocenters. The molecule has 0 fully saturated rings. The van der Waals surface area contributed by atoms with Crippen LogP contribution >= 0.6 is 0 Å². The highest BCUT2D eigenvalue weighted by Gasteiger charge is 2.21. The second-order valence-electron chi connectivity index (χ2n) is 9.18. The van der Waals surface area contributed by atoms with Crippen LogP contribution in [0.3, 0.4) is 0 Å². The molecule has 1 atom stereocenters. The van der Waals surface area contributed by atoms with Gasteiger partial charge in [0, 0.05) is 14.0 Å². The average molecular weight is 533 g/mol. The molecule has 0 radical (unpaired) electrons. The molecule has 2 aromatic rings. The number of hydrogen-bond acceptors (Lipinski definition) is 6. The zero-order chi connectivity index (χ0) is 29.5. The summed E-state index contributed by atoms with van der Waals surface area (Å²) in [6.07, 6.45) is 1.05. The van der Waals surface area contributed by atoms with Crippen molar-refractivity contribution in [1.29, 1.82) is 0 Å². The number of esters is 2. The number of hydrogen-bond donors (Lipinski definition) is 0. The normalized spacial score (nSPS) is 10.6. The van der Waals surface area contributed by atoms with Gasteiger partial charge in [0.15, 0.2) is 0 Å². The summed E-state index contributed by atoms with van der Waals surface area (Å²) >= 11 is 0. The lowest BCUT2D eigenvalue weighted by molar-refractivity contribution is -0.131. The standard InChI is InChI=1S/C24H30O6.C4H10.2C2H6/c1-17(2)15-21(16-28-20-11-9-19(10-12-20)13-14-27-4)30-24(26)22-7-5-6-8-23(22)29-18(3)25;1-4(2)3;2*1-2/h5-12,17,21H,13-16H2,1-4H3;4H,1-3H3;2*1-2H3. The molecule has 216 valence electrons. The number of para-hydroxylation sites is 1. The number of methoxy groups -OCH3 is 1. The molecule has 38 heavy (non-hydrogen) atoms. The molecule has 0 heterocycles. The quantitative estimate of drug-likeness (QED) is 0.215. The van der Waals surface area contributed by atoms with E-state index >= 15 is 0 Å². The molecular weight excluding hydrogens is 480 g/mol. The Hall–Kier alpha value is -2.86. The Morgan fingerprint density at radius 3 is 1.89 bits per heavy atom. The van der Waals surface area contributed by atoms with Gasteiger partial charge in [0.05, 0.1) is 6.61 Å². The minimum atomic E-state index is -0.545. The first-order valence-electron chi connectivity index (χ1n) is 13.8. The first kappa shape index (κ1) is 37.3. The first-order chi connectivity index (χ1) is 18.1. The van der Waals surface area contributed by atoms with Crippen molar-refractivity contribution in [2.24, 2.45) is 11.8 Å². The van der Waals surface area contributed by atoms with E-state index in [1.165, 1.54) is 6.92 Å². The predicted octanol–water partition coefficient (Wildman–Crippen LogP) is 8.17. The molecule has 0 saturated carbocycles. The summed E-state index contributed by atoms with van der Waals surface area (Å²) in [5.74, 6) is 1.00. The molecule has 6 nitrogen and oxygen atoms in total. The maximum absolute atomic E-state index is 12.7. The average Bonchev–Trinajstić information content (AvgIpc) is 2.88. The highest BCUT2D eigenvalue weighted by molar-refractivity contribution is 5.93. The van der Waals surface area contributed by atoms with E-state index in [2.05, 4.69) is 34.6 Å². The largest absolute Gasteiger partial charge is 0.490 e. The van der Waals surface area contributed by atoms with E-state index in [1.54, 1.807) is 31.4 Å². The number of benzene rings is 2. The van der Waals surface area contributed by atoms with Gasteiger partial charge in [-0.1, -0.05) is 86.6 Å². The van der Waals surface area contributed by atoms with Gasteiger partial charge < -0.3 is 18.9 Å². The molecule has 0 saturated heterocycles. The Morgan fingerprint density at radius 1 is 0.842 bits per heavy atom. The van der Waals surface area contributed by atoms with Crippen molar-refractivity contribution in [2.45, 2.75) is 88.2 Å². The Labute approximate surface area is 232 Å². The molecule has 0 amide bonds. The molecule has 2 aromatic carbocycles. The zero-order valence-electron chi connectivity index (χ0n) is 25.6. The molecule has 0 aliphatic heterocycles. The lowest BCUT2D eigenvalue weighted by Gasteiger charge is -2.21. The lowest BCUT2D eigenvalue weighted by atomic mass is 10.1. The second kappa shape index (κ2) is 23.3.